The van der Waals surface area contributed by atoms with Crippen LogP contribution in [0.15, 0.2) is 18.2 Å². The summed E-state index contributed by atoms with van der Waals surface area (Å²) < 4.78 is 18.3. The molecule has 86 valence electrons. The SMILES string of the molecule is O=[N+]([O-])c1ccc(F)cc1OC1CC(Br)C1. The number of hydrogen-bond acceptors (Lipinski definition) is 3. The average Bonchev–Trinajstić information content (AvgIpc) is 2.15. The Morgan fingerprint density at radius 2 is 2.19 bits per heavy atom. The lowest BCUT2D eigenvalue weighted by molar-refractivity contribution is -0.386. The molecule has 0 N–H and O–H groups in total. The van der Waals surface area contributed by atoms with E-state index >= 15 is 0 Å². The molecule has 0 amide bonds. The highest BCUT2D eigenvalue weighted by Gasteiger charge is 2.30. The van der Waals surface area contributed by atoms with Crippen molar-refractivity contribution in [2.75, 3.05) is 0 Å². The Balaban J connectivity index is 2.17. The summed E-state index contributed by atoms with van der Waals surface area (Å²) in [6.45, 7) is 0. The fourth-order valence-electron chi connectivity index (χ4n) is 1.51. The van der Waals surface area contributed by atoms with Gasteiger partial charge in [0, 0.05) is 17.0 Å². The average molecular weight is 290 g/mol. The van der Waals surface area contributed by atoms with Gasteiger partial charge in [-0.2, -0.15) is 0 Å². The van der Waals surface area contributed by atoms with Crippen molar-refractivity contribution >= 4 is 21.6 Å². The van der Waals surface area contributed by atoms with Crippen LogP contribution in [0.4, 0.5) is 10.1 Å². The first-order chi connectivity index (χ1) is 7.56. The molecule has 0 atom stereocenters. The first kappa shape index (κ1) is 11.3. The van der Waals surface area contributed by atoms with Gasteiger partial charge in [-0.1, -0.05) is 15.9 Å². The van der Waals surface area contributed by atoms with E-state index in [1.807, 2.05) is 0 Å². The molecule has 0 radical (unpaired) electrons. The van der Waals surface area contributed by atoms with Crippen molar-refractivity contribution < 1.29 is 14.1 Å². The van der Waals surface area contributed by atoms with Gasteiger partial charge in [-0.3, -0.25) is 10.1 Å². The number of alkyl halides is 1. The lowest BCUT2D eigenvalue weighted by Crippen LogP contribution is -2.34. The van der Waals surface area contributed by atoms with E-state index < -0.39 is 10.7 Å². The third kappa shape index (κ3) is 2.32. The molecule has 0 saturated heterocycles. The van der Waals surface area contributed by atoms with Crippen molar-refractivity contribution in [3.63, 3.8) is 0 Å². The van der Waals surface area contributed by atoms with E-state index in [-0.39, 0.29) is 17.5 Å². The van der Waals surface area contributed by atoms with E-state index in [0.29, 0.717) is 4.83 Å². The maximum atomic E-state index is 12.9. The van der Waals surface area contributed by atoms with Crippen molar-refractivity contribution in [2.45, 2.75) is 23.8 Å². The van der Waals surface area contributed by atoms with Crippen molar-refractivity contribution in [1.82, 2.24) is 0 Å². The quantitative estimate of drug-likeness (QED) is 0.488. The molecule has 0 unspecified atom stereocenters. The van der Waals surface area contributed by atoms with Crippen LogP contribution in [-0.2, 0) is 0 Å². The van der Waals surface area contributed by atoms with Gasteiger partial charge in [0.25, 0.3) is 0 Å². The molecule has 0 aromatic heterocycles. The fraction of sp³-hybridized carbons (Fsp3) is 0.400. The van der Waals surface area contributed by atoms with Crippen molar-refractivity contribution in [3.05, 3.63) is 34.1 Å². The van der Waals surface area contributed by atoms with Crippen LogP contribution in [-0.4, -0.2) is 15.9 Å². The Labute approximate surface area is 99.7 Å². The molecule has 1 fully saturated rings. The van der Waals surface area contributed by atoms with E-state index in [9.17, 15) is 14.5 Å². The van der Waals surface area contributed by atoms with Gasteiger partial charge in [0.2, 0.25) is 0 Å². The third-order valence-corrected chi connectivity index (χ3v) is 3.20. The summed E-state index contributed by atoms with van der Waals surface area (Å²) >= 11 is 3.39. The summed E-state index contributed by atoms with van der Waals surface area (Å²) in [6.07, 6.45) is 1.51. The topological polar surface area (TPSA) is 52.4 Å². The Kier molecular flexibility index (Phi) is 3.09. The second kappa shape index (κ2) is 4.37. The number of benzene rings is 1. The van der Waals surface area contributed by atoms with E-state index in [1.54, 1.807) is 0 Å². The molecular formula is C10H9BrFNO3. The van der Waals surface area contributed by atoms with Crippen LogP contribution in [0.3, 0.4) is 0 Å². The number of rotatable bonds is 3. The van der Waals surface area contributed by atoms with Crippen molar-refractivity contribution in [1.29, 1.82) is 0 Å². The summed E-state index contributed by atoms with van der Waals surface area (Å²) in [5, 5.41) is 10.7. The lowest BCUT2D eigenvalue weighted by atomic mass is 9.96. The molecule has 0 aliphatic heterocycles. The first-order valence-electron chi connectivity index (χ1n) is 4.81. The highest BCUT2D eigenvalue weighted by Crippen LogP contribution is 2.35. The van der Waals surface area contributed by atoms with Crippen molar-refractivity contribution in [2.24, 2.45) is 0 Å². The Morgan fingerprint density at radius 3 is 2.75 bits per heavy atom. The Bertz CT molecular complexity index is 421. The van der Waals surface area contributed by atoms with E-state index in [2.05, 4.69) is 15.9 Å². The van der Waals surface area contributed by atoms with Gasteiger partial charge < -0.3 is 4.74 Å². The maximum Gasteiger partial charge on any atom is 0.311 e. The van der Waals surface area contributed by atoms with Gasteiger partial charge in [0.15, 0.2) is 5.75 Å². The molecule has 0 bridgehead atoms. The third-order valence-electron chi connectivity index (χ3n) is 2.45. The number of ether oxygens (including phenoxy) is 1. The number of nitrogens with zero attached hydrogens (tertiary/aromatic N) is 1. The van der Waals surface area contributed by atoms with Crippen LogP contribution in [0, 0.1) is 15.9 Å². The van der Waals surface area contributed by atoms with E-state index in [1.165, 1.54) is 0 Å². The van der Waals surface area contributed by atoms with Crippen LogP contribution in [0.5, 0.6) is 5.75 Å². The maximum absolute atomic E-state index is 12.9. The summed E-state index contributed by atoms with van der Waals surface area (Å²) in [4.78, 5) is 10.5. The van der Waals surface area contributed by atoms with Crippen LogP contribution >= 0.6 is 15.9 Å². The fourth-order valence-corrected chi connectivity index (χ4v) is 2.34. The van der Waals surface area contributed by atoms with Crippen LogP contribution in [0.1, 0.15) is 12.8 Å². The molecule has 1 saturated carbocycles. The molecule has 1 aromatic rings. The monoisotopic (exact) mass is 289 g/mol. The molecule has 1 aromatic carbocycles. The van der Waals surface area contributed by atoms with Gasteiger partial charge >= 0.3 is 5.69 Å². The highest BCUT2D eigenvalue weighted by atomic mass is 79.9. The molecule has 6 heteroatoms. The van der Waals surface area contributed by atoms with E-state index in [4.69, 9.17) is 4.74 Å². The van der Waals surface area contributed by atoms with Crippen LogP contribution < -0.4 is 4.74 Å². The molecule has 16 heavy (non-hydrogen) atoms. The summed E-state index contributed by atoms with van der Waals surface area (Å²) in [6, 6.07) is 3.23. The molecule has 0 heterocycles. The molecule has 1 aliphatic carbocycles. The number of nitro benzene ring substituents is 1. The Morgan fingerprint density at radius 1 is 1.50 bits per heavy atom. The minimum atomic E-state index is -0.570. The minimum absolute atomic E-state index is 0.00870. The number of halogens is 2. The predicted molar refractivity (Wildman–Crippen MR) is 59.4 cm³/mol. The molecule has 2 rings (SSSR count). The normalized spacial score (nSPS) is 23.6. The van der Waals surface area contributed by atoms with Gasteiger partial charge in [-0.05, 0) is 18.9 Å². The second-order valence-electron chi connectivity index (χ2n) is 3.68. The molecule has 1 aliphatic rings. The van der Waals surface area contributed by atoms with Gasteiger partial charge in [-0.15, -0.1) is 0 Å². The largest absolute Gasteiger partial charge is 0.483 e. The zero-order chi connectivity index (χ0) is 11.7. The zero-order valence-electron chi connectivity index (χ0n) is 8.23. The lowest BCUT2D eigenvalue weighted by Gasteiger charge is -2.31. The minimum Gasteiger partial charge on any atom is -0.483 e. The molecule has 4 nitrogen and oxygen atoms in total. The van der Waals surface area contributed by atoms with Gasteiger partial charge in [0.1, 0.15) is 11.9 Å². The summed E-state index contributed by atoms with van der Waals surface area (Å²) in [7, 11) is 0. The summed E-state index contributed by atoms with van der Waals surface area (Å²) in [5.74, 6) is -0.523. The van der Waals surface area contributed by atoms with E-state index in [0.717, 1.165) is 31.0 Å². The smallest absolute Gasteiger partial charge is 0.311 e. The Hall–Kier alpha value is -1.17. The highest BCUT2D eigenvalue weighted by molar-refractivity contribution is 9.09. The van der Waals surface area contributed by atoms with Crippen molar-refractivity contribution in [3.8, 4) is 5.75 Å². The van der Waals surface area contributed by atoms with Crippen LogP contribution in [0.25, 0.3) is 0 Å². The molecule has 0 spiro atoms. The second-order valence-corrected chi connectivity index (χ2v) is 4.97. The zero-order valence-corrected chi connectivity index (χ0v) is 9.81. The number of nitro groups is 1. The van der Waals surface area contributed by atoms with Gasteiger partial charge in [-0.25, -0.2) is 4.39 Å². The first-order valence-corrected chi connectivity index (χ1v) is 5.72. The van der Waals surface area contributed by atoms with Crippen LogP contribution in [0.2, 0.25) is 0 Å². The molecular weight excluding hydrogens is 281 g/mol. The van der Waals surface area contributed by atoms with Gasteiger partial charge in [0.05, 0.1) is 4.92 Å². The summed E-state index contributed by atoms with van der Waals surface area (Å²) in [5.41, 5.74) is -0.195. The predicted octanol–water partition coefficient (Wildman–Crippen LogP) is 3.04. The standard InChI is InChI=1S/C10H9BrFNO3/c11-6-3-8(4-6)16-10-5-7(12)1-2-9(10)13(14)15/h1-2,5-6,8H,3-4H2. The number of hydrogen-bond donors (Lipinski definition) is 0.